The lowest BCUT2D eigenvalue weighted by atomic mass is 10.2. The normalized spacial score (nSPS) is 12.8. The number of carbonyl (C=O) groups excluding carboxylic acids is 1. The van der Waals surface area contributed by atoms with Crippen molar-refractivity contribution >= 4 is 46.3 Å². The van der Waals surface area contributed by atoms with Crippen molar-refractivity contribution in [3.63, 3.8) is 0 Å². The van der Waals surface area contributed by atoms with E-state index in [1.165, 1.54) is 13.0 Å². The second-order valence-corrected chi connectivity index (χ2v) is 5.55. The standard InChI is InChI=1S/C15H14Cl2F3N3O2/c1-4-5-13(23-25-9(3)24)8(2)21-22-14-11(16)6-10(7-12(14)17)15(18,19)20/h4,6-7,22H,1,5H2,2-3H3. The van der Waals surface area contributed by atoms with Gasteiger partial charge in [0.05, 0.1) is 27.0 Å². The summed E-state index contributed by atoms with van der Waals surface area (Å²) in [5.74, 6) is -0.615. The highest BCUT2D eigenvalue weighted by Crippen LogP contribution is 2.38. The molecule has 0 atom stereocenters. The number of allylic oxidation sites excluding steroid dienone is 1. The number of benzene rings is 1. The van der Waals surface area contributed by atoms with Gasteiger partial charge in [0.1, 0.15) is 5.71 Å². The quantitative estimate of drug-likeness (QED) is 0.307. The Morgan fingerprint density at radius 2 is 1.88 bits per heavy atom. The zero-order chi connectivity index (χ0) is 19.2. The van der Waals surface area contributed by atoms with Crippen LogP contribution in [-0.2, 0) is 15.8 Å². The number of oxime groups is 1. The molecule has 136 valence electrons. The fraction of sp³-hybridized carbons (Fsp3) is 0.267. The molecule has 0 saturated carbocycles. The summed E-state index contributed by atoms with van der Waals surface area (Å²) in [7, 11) is 0. The third kappa shape index (κ3) is 6.39. The fourth-order valence-corrected chi connectivity index (χ4v) is 2.13. The first-order chi connectivity index (χ1) is 11.6. The van der Waals surface area contributed by atoms with Gasteiger partial charge in [-0.15, -0.1) is 6.58 Å². The van der Waals surface area contributed by atoms with Crippen LogP contribution >= 0.6 is 23.2 Å². The Labute approximate surface area is 152 Å². The highest BCUT2D eigenvalue weighted by Gasteiger charge is 2.32. The van der Waals surface area contributed by atoms with E-state index in [0.29, 0.717) is 5.71 Å². The van der Waals surface area contributed by atoms with Crippen LogP contribution in [0.5, 0.6) is 0 Å². The Bertz CT molecular complexity index is 708. The zero-order valence-corrected chi connectivity index (χ0v) is 14.8. The van der Waals surface area contributed by atoms with Gasteiger partial charge in [0, 0.05) is 13.3 Å². The van der Waals surface area contributed by atoms with E-state index in [-0.39, 0.29) is 27.9 Å². The van der Waals surface area contributed by atoms with Crippen LogP contribution in [0, 0.1) is 0 Å². The van der Waals surface area contributed by atoms with E-state index >= 15 is 0 Å². The van der Waals surface area contributed by atoms with Gasteiger partial charge in [-0.3, -0.25) is 5.43 Å². The lowest BCUT2D eigenvalue weighted by Crippen LogP contribution is -2.13. The first-order valence-electron chi connectivity index (χ1n) is 6.78. The smallest absolute Gasteiger partial charge is 0.318 e. The largest absolute Gasteiger partial charge is 0.416 e. The Balaban J connectivity index is 3.08. The van der Waals surface area contributed by atoms with Crippen molar-refractivity contribution in [1.29, 1.82) is 0 Å². The van der Waals surface area contributed by atoms with Gasteiger partial charge in [0.25, 0.3) is 0 Å². The number of hydrogen-bond donors (Lipinski definition) is 1. The van der Waals surface area contributed by atoms with E-state index in [4.69, 9.17) is 23.2 Å². The molecule has 0 spiro atoms. The Morgan fingerprint density at radius 1 is 1.32 bits per heavy atom. The minimum Gasteiger partial charge on any atom is -0.318 e. The Kier molecular flexibility index (Phi) is 7.44. The molecule has 0 heterocycles. The van der Waals surface area contributed by atoms with E-state index in [0.717, 1.165) is 12.1 Å². The molecule has 10 heteroatoms. The highest BCUT2D eigenvalue weighted by atomic mass is 35.5. The molecular weight excluding hydrogens is 382 g/mol. The van der Waals surface area contributed by atoms with Crippen LogP contribution in [0.25, 0.3) is 0 Å². The molecule has 1 aromatic carbocycles. The van der Waals surface area contributed by atoms with Gasteiger partial charge in [0.15, 0.2) is 0 Å². The fourth-order valence-electron chi connectivity index (χ4n) is 1.56. The molecule has 1 N–H and O–H groups in total. The van der Waals surface area contributed by atoms with Gasteiger partial charge in [-0.1, -0.05) is 34.4 Å². The van der Waals surface area contributed by atoms with E-state index in [2.05, 4.69) is 27.1 Å². The number of nitrogens with zero attached hydrogens (tertiary/aromatic N) is 2. The van der Waals surface area contributed by atoms with Gasteiger partial charge in [-0.2, -0.15) is 18.3 Å². The van der Waals surface area contributed by atoms with Crippen molar-refractivity contribution in [2.24, 2.45) is 10.3 Å². The van der Waals surface area contributed by atoms with E-state index in [9.17, 15) is 18.0 Å². The summed E-state index contributed by atoms with van der Waals surface area (Å²) in [5.41, 5.74) is 2.10. The van der Waals surface area contributed by atoms with Crippen molar-refractivity contribution in [2.75, 3.05) is 5.43 Å². The SMILES string of the molecule is C=CCC(=NOC(C)=O)C(C)=NNc1c(Cl)cc(C(F)(F)F)cc1Cl. The maximum atomic E-state index is 12.7. The van der Waals surface area contributed by atoms with Gasteiger partial charge >= 0.3 is 12.1 Å². The minimum atomic E-state index is -4.57. The summed E-state index contributed by atoms with van der Waals surface area (Å²) in [5, 5.41) is 7.08. The topological polar surface area (TPSA) is 63.0 Å². The van der Waals surface area contributed by atoms with Crippen molar-refractivity contribution in [3.8, 4) is 0 Å². The molecular formula is C15H14Cl2F3N3O2. The molecule has 0 aromatic heterocycles. The van der Waals surface area contributed by atoms with Crippen molar-refractivity contribution in [3.05, 3.63) is 40.4 Å². The summed E-state index contributed by atoms with van der Waals surface area (Å²) in [6, 6.07) is 1.47. The number of alkyl halides is 3. The molecule has 5 nitrogen and oxygen atoms in total. The first kappa shape index (κ1) is 21.0. The summed E-state index contributed by atoms with van der Waals surface area (Å²) in [6.07, 6.45) is -2.81. The number of hydrazone groups is 1. The van der Waals surface area contributed by atoms with Gasteiger partial charge < -0.3 is 4.84 Å². The molecule has 0 aliphatic rings. The monoisotopic (exact) mass is 395 g/mol. The third-order valence-electron chi connectivity index (χ3n) is 2.74. The molecule has 25 heavy (non-hydrogen) atoms. The number of carbonyl (C=O) groups is 1. The Hall–Kier alpha value is -2.06. The van der Waals surface area contributed by atoms with E-state index < -0.39 is 17.7 Å². The number of anilines is 1. The minimum absolute atomic E-state index is 0.00104. The molecule has 0 amide bonds. The summed E-state index contributed by atoms with van der Waals surface area (Å²) in [4.78, 5) is 15.4. The van der Waals surface area contributed by atoms with Gasteiger partial charge in [-0.25, -0.2) is 4.79 Å². The summed E-state index contributed by atoms with van der Waals surface area (Å²) >= 11 is 11.7. The second-order valence-electron chi connectivity index (χ2n) is 4.74. The van der Waals surface area contributed by atoms with Crippen molar-refractivity contribution in [1.82, 2.24) is 0 Å². The predicted octanol–water partition coefficient (Wildman–Crippen LogP) is 5.30. The molecule has 0 bridgehead atoms. The lowest BCUT2D eigenvalue weighted by Gasteiger charge is -2.12. The molecule has 0 radical (unpaired) electrons. The maximum Gasteiger partial charge on any atom is 0.416 e. The number of rotatable bonds is 6. The number of halogens is 5. The van der Waals surface area contributed by atoms with Crippen LogP contribution in [0.3, 0.4) is 0 Å². The third-order valence-corrected chi connectivity index (χ3v) is 3.34. The van der Waals surface area contributed by atoms with Crippen molar-refractivity contribution in [2.45, 2.75) is 26.4 Å². The van der Waals surface area contributed by atoms with E-state index in [1.54, 1.807) is 6.92 Å². The number of hydrogen-bond acceptors (Lipinski definition) is 5. The number of nitrogens with one attached hydrogen (secondary N) is 1. The molecule has 1 aromatic rings. The van der Waals surface area contributed by atoms with Crippen LogP contribution in [0.15, 0.2) is 35.0 Å². The van der Waals surface area contributed by atoms with Gasteiger partial charge in [0.2, 0.25) is 0 Å². The average molecular weight is 396 g/mol. The molecule has 0 unspecified atom stereocenters. The van der Waals surface area contributed by atoms with E-state index in [1.807, 2.05) is 0 Å². The van der Waals surface area contributed by atoms with Crippen LogP contribution in [0.2, 0.25) is 10.0 Å². The highest BCUT2D eigenvalue weighted by molar-refractivity contribution is 6.42. The van der Waals surface area contributed by atoms with Crippen LogP contribution in [-0.4, -0.2) is 17.4 Å². The summed E-state index contributed by atoms with van der Waals surface area (Å²) in [6.45, 7) is 6.27. The Morgan fingerprint density at radius 3 is 2.32 bits per heavy atom. The van der Waals surface area contributed by atoms with Crippen LogP contribution in [0.1, 0.15) is 25.8 Å². The van der Waals surface area contributed by atoms with Crippen LogP contribution < -0.4 is 5.43 Å². The summed E-state index contributed by atoms with van der Waals surface area (Å²) < 4.78 is 38.1. The van der Waals surface area contributed by atoms with Crippen molar-refractivity contribution < 1.29 is 22.8 Å². The molecule has 0 saturated heterocycles. The molecule has 0 fully saturated rings. The first-order valence-corrected chi connectivity index (χ1v) is 7.54. The van der Waals surface area contributed by atoms with Gasteiger partial charge in [-0.05, 0) is 19.1 Å². The zero-order valence-electron chi connectivity index (χ0n) is 13.2. The average Bonchev–Trinajstić information content (AvgIpc) is 2.49. The lowest BCUT2D eigenvalue weighted by molar-refractivity contribution is -0.141. The molecule has 1 rings (SSSR count). The second kappa shape index (κ2) is 8.87. The maximum absolute atomic E-state index is 12.7. The molecule has 0 aliphatic heterocycles. The molecule has 0 aliphatic carbocycles. The predicted molar refractivity (Wildman–Crippen MR) is 92.2 cm³/mol. The van der Waals surface area contributed by atoms with Crippen LogP contribution in [0.4, 0.5) is 18.9 Å².